The molecule has 2 heterocycles. The van der Waals surface area contributed by atoms with Crippen molar-refractivity contribution in [3.63, 3.8) is 0 Å². The molecule has 0 aromatic heterocycles. The molecule has 9 nitrogen and oxygen atoms in total. The van der Waals surface area contributed by atoms with Crippen LogP contribution >= 0.6 is 0 Å². The van der Waals surface area contributed by atoms with Crippen LogP contribution in [0.3, 0.4) is 0 Å². The maximum Gasteiger partial charge on any atom is 0.338 e. The summed E-state index contributed by atoms with van der Waals surface area (Å²) in [7, 11) is -0.0749. The van der Waals surface area contributed by atoms with Gasteiger partial charge in [0.25, 0.3) is 0 Å². The topological polar surface area (TPSA) is 98.8 Å². The first-order valence-corrected chi connectivity index (χ1v) is 20.0. The van der Waals surface area contributed by atoms with Crippen LogP contribution in [0.15, 0.2) is 60.7 Å². The van der Waals surface area contributed by atoms with Gasteiger partial charge >= 0.3 is 11.9 Å². The molecular weight excluding hydrogens is 592 g/mol. The molecule has 10 heteroatoms. The lowest BCUT2D eigenvalue weighted by atomic mass is 9.85. The van der Waals surface area contributed by atoms with Crippen molar-refractivity contribution >= 4 is 20.0 Å². The number of methoxy groups -OCH3 is 1. The van der Waals surface area contributed by atoms with Gasteiger partial charge in [-0.05, 0) is 30.5 Å². The Morgan fingerprint density at radius 1 is 0.911 bits per heavy atom. The fraction of sp³-hybridized carbons (Fsp3) is 0.600. The third-order valence-corrected chi connectivity index (χ3v) is 10.5. The summed E-state index contributed by atoms with van der Waals surface area (Å²) in [5.41, 5.74) is 1.23. The van der Waals surface area contributed by atoms with Gasteiger partial charge in [0.05, 0.1) is 19.3 Å². The molecule has 7 atom stereocenters. The third kappa shape index (κ3) is 9.24. The highest BCUT2D eigenvalue weighted by Gasteiger charge is 2.54. The Bertz CT molecular complexity index is 1210. The largest absolute Gasteiger partial charge is 0.467 e. The van der Waals surface area contributed by atoms with E-state index in [0.717, 1.165) is 37.3 Å². The third-order valence-electron chi connectivity index (χ3n) is 8.80. The Morgan fingerprint density at radius 3 is 2.27 bits per heavy atom. The normalized spacial score (nSPS) is 28.1. The van der Waals surface area contributed by atoms with Crippen LogP contribution in [0.5, 0.6) is 0 Å². The zero-order valence-corrected chi connectivity index (χ0v) is 27.9. The van der Waals surface area contributed by atoms with Crippen LogP contribution in [0.4, 0.5) is 0 Å². The van der Waals surface area contributed by atoms with Gasteiger partial charge in [0.2, 0.25) is 0 Å². The number of esters is 2. The van der Waals surface area contributed by atoms with Gasteiger partial charge < -0.3 is 33.2 Å². The van der Waals surface area contributed by atoms with E-state index >= 15 is 0 Å². The van der Waals surface area contributed by atoms with Crippen LogP contribution in [0.25, 0.3) is 0 Å². The smallest absolute Gasteiger partial charge is 0.338 e. The molecule has 0 bridgehead atoms. The molecule has 1 saturated carbocycles. The molecule has 2 aliphatic heterocycles. The first kappa shape index (κ1) is 33.8. The summed E-state index contributed by atoms with van der Waals surface area (Å²) in [6.45, 7) is 7.45. The molecule has 2 saturated heterocycles. The summed E-state index contributed by atoms with van der Waals surface area (Å²) in [4.78, 5) is 26.8. The summed E-state index contributed by atoms with van der Waals surface area (Å²) in [5.74, 6) is -0.663. The number of ether oxygens (including phenoxy) is 7. The van der Waals surface area contributed by atoms with Gasteiger partial charge in [-0.25, -0.2) is 9.59 Å². The van der Waals surface area contributed by atoms with E-state index in [1.54, 1.807) is 24.3 Å². The van der Waals surface area contributed by atoms with Gasteiger partial charge in [-0.2, -0.15) is 0 Å². The Hall–Kier alpha value is -2.60. The van der Waals surface area contributed by atoms with Crippen molar-refractivity contribution in [1.82, 2.24) is 0 Å². The number of benzene rings is 2. The predicted octanol–water partition coefficient (Wildman–Crippen LogP) is 6.30. The average Bonchev–Trinajstić information content (AvgIpc) is 3.05. The zero-order valence-electron chi connectivity index (χ0n) is 26.9. The molecule has 1 aliphatic carbocycles. The van der Waals surface area contributed by atoms with Crippen LogP contribution in [-0.2, 0) is 38.0 Å². The van der Waals surface area contributed by atoms with E-state index in [1.165, 1.54) is 13.5 Å². The lowest BCUT2D eigenvalue weighted by molar-refractivity contribution is -0.367. The van der Waals surface area contributed by atoms with Crippen LogP contribution in [0.2, 0.25) is 25.7 Å². The van der Waals surface area contributed by atoms with Gasteiger partial charge in [-0.1, -0.05) is 100 Å². The maximum absolute atomic E-state index is 13.5. The Kier molecular flexibility index (Phi) is 11.8. The van der Waals surface area contributed by atoms with Crippen LogP contribution in [-0.4, -0.2) is 77.1 Å². The van der Waals surface area contributed by atoms with Crippen molar-refractivity contribution in [2.75, 3.05) is 20.3 Å². The Morgan fingerprint density at radius 2 is 1.60 bits per heavy atom. The summed E-state index contributed by atoms with van der Waals surface area (Å²) >= 11 is 0. The van der Waals surface area contributed by atoms with Crippen molar-refractivity contribution in [3.05, 3.63) is 71.8 Å². The van der Waals surface area contributed by atoms with Gasteiger partial charge in [0, 0.05) is 20.2 Å². The standard InChI is InChI=1S/C35H48O9Si/c1-38-33(37)27(22-24-14-8-5-9-15-24)41-30-29-28(23-40-34(44-29)26-18-12-7-13-19-26)42-35(39-20-21-45(2,3)4)31(30)43-32(36)25-16-10-6-11-17-25/h6-7,10-13,16-19,24,27-31,34-35H,5,8-9,14-15,20-23H2,1-4H3/t27-,28+,29-,30-,31+,34-,35+/m0/s1. The number of hydrogen-bond donors (Lipinski definition) is 0. The first-order valence-electron chi connectivity index (χ1n) is 16.3. The van der Waals surface area contributed by atoms with E-state index in [-0.39, 0.29) is 6.61 Å². The number of fused-ring (bicyclic) bond motifs is 1. The highest BCUT2D eigenvalue weighted by molar-refractivity contribution is 6.76. The molecule has 0 radical (unpaired) electrons. The second-order valence-corrected chi connectivity index (χ2v) is 19.1. The second kappa shape index (κ2) is 15.8. The van der Waals surface area contributed by atoms with Crippen molar-refractivity contribution in [3.8, 4) is 0 Å². The highest BCUT2D eigenvalue weighted by Crippen LogP contribution is 2.39. The quantitative estimate of drug-likeness (QED) is 0.195. The first-order chi connectivity index (χ1) is 21.7. The van der Waals surface area contributed by atoms with E-state index in [4.69, 9.17) is 33.2 Å². The summed E-state index contributed by atoms with van der Waals surface area (Å²) in [5, 5.41) is 0. The van der Waals surface area contributed by atoms with E-state index < -0.39 is 63.1 Å². The Balaban J connectivity index is 1.48. The number of carbonyl (C=O) groups is 2. The minimum Gasteiger partial charge on any atom is -0.467 e. The van der Waals surface area contributed by atoms with Crippen LogP contribution in [0.1, 0.15) is 60.7 Å². The molecule has 3 fully saturated rings. The molecule has 45 heavy (non-hydrogen) atoms. The number of rotatable bonds is 12. The highest BCUT2D eigenvalue weighted by atomic mass is 28.3. The molecule has 5 rings (SSSR count). The lowest BCUT2D eigenvalue weighted by Gasteiger charge is -2.49. The van der Waals surface area contributed by atoms with Gasteiger partial charge in [-0.15, -0.1) is 0 Å². The minimum atomic E-state index is -1.45. The Labute approximate surface area is 267 Å². The van der Waals surface area contributed by atoms with Crippen molar-refractivity contribution in [2.24, 2.45) is 5.92 Å². The minimum absolute atomic E-state index is 0.211. The number of carbonyl (C=O) groups excluding carboxylic acids is 2. The van der Waals surface area contributed by atoms with Crippen molar-refractivity contribution < 1.29 is 42.7 Å². The molecule has 0 unspecified atom stereocenters. The van der Waals surface area contributed by atoms with Gasteiger partial charge in [0.1, 0.15) is 18.3 Å². The van der Waals surface area contributed by atoms with Crippen LogP contribution < -0.4 is 0 Å². The van der Waals surface area contributed by atoms with Gasteiger partial charge in [-0.3, -0.25) is 0 Å². The van der Waals surface area contributed by atoms with Gasteiger partial charge in [0.15, 0.2) is 24.8 Å². The summed E-state index contributed by atoms with van der Waals surface area (Å²) < 4.78 is 43.7. The molecule has 2 aromatic rings. The average molecular weight is 641 g/mol. The molecule has 2 aromatic carbocycles. The SMILES string of the molecule is COC(=O)[C@H](CC1CCCCC1)O[C@H]1[C@H]2O[C@@H](c3ccccc3)OC[C@H]2O[C@@H](OCC[Si](C)(C)C)[C@@H]1OC(=O)c1ccccc1. The summed E-state index contributed by atoms with van der Waals surface area (Å²) in [6.07, 6.45) is 0.327. The monoisotopic (exact) mass is 640 g/mol. The molecule has 0 amide bonds. The second-order valence-electron chi connectivity index (χ2n) is 13.5. The van der Waals surface area contributed by atoms with E-state index in [9.17, 15) is 9.59 Å². The van der Waals surface area contributed by atoms with Crippen molar-refractivity contribution in [2.45, 2.75) is 107 Å². The predicted molar refractivity (Wildman–Crippen MR) is 170 cm³/mol. The maximum atomic E-state index is 13.5. The fourth-order valence-electron chi connectivity index (χ4n) is 6.24. The summed E-state index contributed by atoms with van der Waals surface area (Å²) in [6, 6.07) is 19.3. The molecule has 3 aliphatic rings. The molecule has 0 N–H and O–H groups in total. The van der Waals surface area contributed by atoms with E-state index in [2.05, 4.69) is 19.6 Å². The molecule has 0 spiro atoms. The van der Waals surface area contributed by atoms with Crippen molar-refractivity contribution in [1.29, 1.82) is 0 Å². The van der Waals surface area contributed by atoms with E-state index in [1.807, 2.05) is 36.4 Å². The van der Waals surface area contributed by atoms with E-state index in [0.29, 0.717) is 24.5 Å². The van der Waals surface area contributed by atoms with Crippen LogP contribution in [0, 0.1) is 5.92 Å². The number of hydrogen-bond acceptors (Lipinski definition) is 9. The molecule has 246 valence electrons. The lowest BCUT2D eigenvalue weighted by Crippen LogP contribution is -2.65. The fourth-order valence-corrected chi connectivity index (χ4v) is 6.97. The zero-order chi connectivity index (χ0) is 31.8. The molecular formula is C35H48O9Si.